The summed E-state index contributed by atoms with van der Waals surface area (Å²) in [6.45, 7) is 4.39. The molecule has 0 heterocycles. The fraction of sp³-hybridized carbons (Fsp3) is 0.182. The van der Waals surface area contributed by atoms with Gasteiger partial charge < -0.3 is 0 Å². The first-order valence-corrected chi connectivity index (χ1v) is 7.34. The van der Waals surface area contributed by atoms with Crippen LogP contribution >= 0.6 is 0 Å². The Labute approximate surface area is 132 Å². The molecule has 108 valence electrons. The molecule has 1 unspecified atom stereocenters. The molecular weight excluding hydrogens is 264 g/mol. The maximum atomic E-state index is 3.42. The smallest absolute Gasteiger partial charge is 0.0714 e. The highest BCUT2D eigenvalue weighted by atomic mass is 14.3. The molecule has 2 aliphatic carbocycles. The second-order valence-electron chi connectivity index (χ2n) is 5.77. The van der Waals surface area contributed by atoms with Gasteiger partial charge in [0.1, 0.15) is 0 Å². The third-order valence-corrected chi connectivity index (χ3v) is 4.45. The van der Waals surface area contributed by atoms with Gasteiger partial charge in [-0.15, -0.1) is 0 Å². The van der Waals surface area contributed by atoms with Crippen molar-refractivity contribution in [2.75, 3.05) is 0 Å². The molecule has 4 rings (SSSR count). The predicted octanol–water partition coefficient (Wildman–Crippen LogP) is 5.78. The lowest BCUT2D eigenvalue weighted by Gasteiger charge is -2.25. The normalized spacial score (nSPS) is 18.0. The number of hydrogen-bond acceptors (Lipinski definition) is 0. The van der Waals surface area contributed by atoms with Gasteiger partial charge in [0.2, 0.25) is 0 Å². The highest BCUT2D eigenvalue weighted by Crippen LogP contribution is 2.42. The van der Waals surface area contributed by atoms with Crippen molar-refractivity contribution in [3.63, 3.8) is 0 Å². The quantitative estimate of drug-likeness (QED) is 0.537. The zero-order chi connectivity index (χ0) is 14.4. The van der Waals surface area contributed by atoms with E-state index >= 15 is 0 Å². The molecule has 2 aromatic carbocycles. The average molecular weight is 284 g/mol. The zero-order valence-corrected chi connectivity index (χ0v) is 12.3. The van der Waals surface area contributed by atoms with Crippen LogP contribution in [0.2, 0.25) is 0 Å². The second-order valence-corrected chi connectivity index (χ2v) is 5.77. The Morgan fingerprint density at radius 3 is 2.64 bits per heavy atom. The van der Waals surface area contributed by atoms with Crippen LogP contribution in [0.3, 0.4) is 0 Å². The van der Waals surface area contributed by atoms with Gasteiger partial charge in [0.25, 0.3) is 0 Å². The van der Waals surface area contributed by atoms with Crippen LogP contribution in [0.25, 0.3) is 16.8 Å². The van der Waals surface area contributed by atoms with Crippen molar-refractivity contribution in [1.82, 2.24) is 0 Å². The molecule has 2 aromatic rings. The number of hydrogen-bond donors (Lipinski definition) is 0. The molecule has 2 aliphatic rings. The monoisotopic (exact) mass is 284 g/mol. The number of fused-ring (bicyclic) bond motifs is 5. The molecular formula is C22H20. The van der Waals surface area contributed by atoms with Crippen molar-refractivity contribution >= 4 is 16.8 Å². The Balaban J connectivity index is 0.00000144. The fourth-order valence-corrected chi connectivity index (χ4v) is 3.42. The van der Waals surface area contributed by atoms with Crippen LogP contribution in [0, 0.1) is 18.8 Å². The van der Waals surface area contributed by atoms with E-state index in [1.807, 2.05) is 6.08 Å². The summed E-state index contributed by atoms with van der Waals surface area (Å²) in [5.41, 5.74) is 6.67. The van der Waals surface area contributed by atoms with Crippen LogP contribution in [-0.4, -0.2) is 0 Å². The molecule has 0 aromatic heterocycles. The number of aryl methyl sites for hydroxylation is 1. The van der Waals surface area contributed by atoms with Crippen LogP contribution in [0.5, 0.6) is 0 Å². The summed E-state index contributed by atoms with van der Waals surface area (Å²) >= 11 is 0. The topological polar surface area (TPSA) is 0 Å². The number of benzene rings is 2. The van der Waals surface area contributed by atoms with E-state index in [1.165, 1.54) is 38.6 Å². The number of allylic oxidation sites excluding steroid dienone is 5. The first kappa shape index (κ1) is 14.4. The Morgan fingerprint density at radius 1 is 1.05 bits per heavy atom. The van der Waals surface area contributed by atoms with Gasteiger partial charge >= 0.3 is 0 Å². The first-order valence-electron chi connectivity index (χ1n) is 7.34. The van der Waals surface area contributed by atoms with E-state index in [1.54, 1.807) is 0 Å². The fourth-order valence-electron chi connectivity index (χ4n) is 3.42. The van der Waals surface area contributed by atoms with Gasteiger partial charge in [-0.3, -0.25) is 0 Å². The van der Waals surface area contributed by atoms with Crippen LogP contribution < -0.4 is 0 Å². The van der Waals surface area contributed by atoms with E-state index in [2.05, 4.69) is 74.2 Å². The third-order valence-electron chi connectivity index (χ3n) is 4.45. The first-order chi connectivity index (χ1) is 10.3. The molecule has 0 radical (unpaired) electrons. The minimum atomic E-state index is 0. The lowest BCUT2D eigenvalue weighted by Crippen LogP contribution is -2.09. The van der Waals surface area contributed by atoms with Gasteiger partial charge in [0.15, 0.2) is 0 Å². The molecule has 22 heavy (non-hydrogen) atoms. The zero-order valence-electron chi connectivity index (χ0n) is 12.3. The Bertz CT molecular complexity index is 908. The van der Waals surface area contributed by atoms with E-state index in [4.69, 9.17) is 0 Å². The summed E-state index contributed by atoms with van der Waals surface area (Å²) in [5, 5.41) is 2.68. The molecule has 0 aliphatic heterocycles. The molecule has 0 N–H and O–H groups in total. The van der Waals surface area contributed by atoms with Crippen LogP contribution in [-0.2, 0) is 0 Å². The van der Waals surface area contributed by atoms with Crippen LogP contribution in [0.15, 0.2) is 59.7 Å². The van der Waals surface area contributed by atoms with Gasteiger partial charge in [-0.2, -0.15) is 0 Å². The number of rotatable bonds is 0. The Morgan fingerprint density at radius 2 is 1.82 bits per heavy atom. The van der Waals surface area contributed by atoms with Crippen molar-refractivity contribution in [3.05, 3.63) is 76.4 Å². The molecule has 1 atom stereocenters. The van der Waals surface area contributed by atoms with E-state index in [0.29, 0.717) is 0 Å². The van der Waals surface area contributed by atoms with Gasteiger partial charge in [0.05, 0.1) is 5.92 Å². The van der Waals surface area contributed by atoms with Gasteiger partial charge in [-0.25, -0.2) is 0 Å². The highest BCUT2D eigenvalue weighted by Gasteiger charge is 2.25. The van der Waals surface area contributed by atoms with Crippen molar-refractivity contribution in [2.45, 2.75) is 27.2 Å². The maximum absolute atomic E-state index is 3.42. The van der Waals surface area contributed by atoms with E-state index in [0.717, 1.165) is 0 Å². The highest BCUT2D eigenvalue weighted by molar-refractivity contribution is 5.96. The predicted molar refractivity (Wildman–Crippen MR) is 96.8 cm³/mol. The van der Waals surface area contributed by atoms with Crippen molar-refractivity contribution in [1.29, 1.82) is 0 Å². The van der Waals surface area contributed by atoms with Crippen molar-refractivity contribution < 1.29 is 0 Å². The summed E-state index contributed by atoms with van der Waals surface area (Å²) in [4.78, 5) is 0. The molecule has 0 bridgehead atoms. The summed E-state index contributed by atoms with van der Waals surface area (Å²) in [6.07, 6.45) is 8.50. The maximum Gasteiger partial charge on any atom is 0.0714 e. The second kappa shape index (κ2) is 5.35. The minimum Gasteiger partial charge on any atom is -0.0854 e. The standard InChI is InChI=1S/C21H16.CH4/c1-14-12-21-19-11-7-6-9-17(19)15(2)13-20(21)18-10-5-3-4-8-16(14)18;/h3-4,6-9,11-13,18H,1-2H3;1H4. The van der Waals surface area contributed by atoms with E-state index in [-0.39, 0.29) is 13.3 Å². The lowest BCUT2D eigenvalue weighted by molar-refractivity contribution is 1.02. The molecule has 0 heteroatoms. The van der Waals surface area contributed by atoms with Gasteiger partial charge in [-0.05, 0) is 58.5 Å². The molecule has 0 fully saturated rings. The molecule has 0 spiro atoms. The van der Waals surface area contributed by atoms with E-state index < -0.39 is 0 Å². The summed E-state index contributed by atoms with van der Waals surface area (Å²) in [5.74, 6) is 6.78. The molecule has 0 saturated heterocycles. The molecule has 0 amide bonds. The molecule has 0 nitrogen and oxygen atoms in total. The van der Waals surface area contributed by atoms with Crippen molar-refractivity contribution in [2.24, 2.45) is 0 Å². The summed E-state index contributed by atoms with van der Waals surface area (Å²) < 4.78 is 0. The Hall–Kier alpha value is -2.52. The minimum absolute atomic E-state index is 0. The SMILES string of the molecule is C.CC1=Cc2c(cc(C)c3ccccc23)C2C#CC=CC=C12. The largest absolute Gasteiger partial charge is 0.0854 e. The average Bonchev–Trinajstić information content (AvgIpc) is 2.76. The van der Waals surface area contributed by atoms with E-state index in [9.17, 15) is 0 Å². The van der Waals surface area contributed by atoms with Gasteiger partial charge in [0, 0.05) is 0 Å². The summed E-state index contributed by atoms with van der Waals surface area (Å²) in [7, 11) is 0. The molecule has 0 saturated carbocycles. The van der Waals surface area contributed by atoms with Gasteiger partial charge in [-0.1, -0.05) is 67.8 Å². The van der Waals surface area contributed by atoms with Crippen LogP contribution in [0.1, 0.15) is 37.0 Å². The van der Waals surface area contributed by atoms with Crippen molar-refractivity contribution in [3.8, 4) is 11.8 Å². The summed E-state index contributed by atoms with van der Waals surface area (Å²) in [6, 6.07) is 11.0. The third kappa shape index (κ3) is 2.02. The Kier molecular flexibility index (Phi) is 3.51. The van der Waals surface area contributed by atoms with Crippen LogP contribution in [0.4, 0.5) is 0 Å². The lowest BCUT2D eigenvalue weighted by atomic mass is 9.77.